The molecule has 0 bridgehead atoms. The molecule has 0 N–H and O–H groups in total. The van der Waals surface area contributed by atoms with E-state index in [0.29, 0.717) is 6.54 Å². The fraction of sp³-hybridized carbons (Fsp3) is 0.545. The molecule has 0 spiro atoms. The van der Waals surface area contributed by atoms with Gasteiger partial charge in [-0.15, -0.1) is 11.8 Å². The number of hydrogen-bond acceptors (Lipinski definition) is 5. The van der Waals surface area contributed by atoms with Crippen LogP contribution >= 0.6 is 11.8 Å². The van der Waals surface area contributed by atoms with Crippen molar-refractivity contribution in [3.8, 4) is 6.07 Å². The highest BCUT2D eigenvalue weighted by Crippen LogP contribution is 2.17. The maximum absolute atomic E-state index is 8.81. The maximum Gasteiger partial charge on any atom is 0.133 e. The van der Waals surface area contributed by atoms with Gasteiger partial charge in [0, 0.05) is 19.2 Å². The summed E-state index contributed by atoms with van der Waals surface area (Å²) in [6.07, 6.45) is 3.56. The average Bonchev–Trinajstić information content (AvgIpc) is 2.35. The van der Waals surface area contributed by atoms with Gasteiger partial charge in [-0.3, -0.25) is 0 Å². The molecule has 0 aliphatic rings. The molecule has 0 saturated carbocycles. The molecule has 0 fully saturated rings. The molecule has 0 aromatic carbocycles. The highest BCUT2D eigenvalue weighted by atomic mass is 32.2. The molecule has 0 saturated heterocycles. The zero-order chi connectivity index (χ0) is 12.0. The van der Waals surface area contributed by atoms with E-state index in [1.54, 1.807) is 18.1 Å². The Kier molecular flexibility index (Phi) is 5.06. The van der Waals surface area contributed by atoms with Gasteiger partial charge in [0.1, 0.15) is 17.2 Å². The number of hydrogen-bond donors (Lipinski definition) is 0. The Balaban J connectivity index is 2.82. The van der Waals surface area contributed by atoms with Crippen LogP contribution in [0.4, 0.5) is 5.82 Å². The smallest absolute Gasteiger partial charge is 0.133 e. The van der Waals surface area contributed by atoms with E-state index >= 15 is 0 Å². The van der Waals surface area contributed by atoms with Crippen LogP contribution in [0, 0.1) is 17.2 Å². The second-order valence-corrected chi connectivity index (χ2v) is 4.31. The molecular formula is C11H16N4S. The van der Waals surface area contributed by atoms with Crippen molar-refractivity contribution in [1.29, 1.82) is 5.26 Å². The van der Waals surface area contributed by atoms with Crippen LogP contribution in [0.5, 0.6) is 0 Å². The average molecular weight is 236 g/mol. The van der Waals surface area contributed by atoms with Crippen molar-refractivity contribution in [2.75, 3.05) is 24.2 Å². The second-order valence-electron chi connectivity index (χ2n) is 3.49. The van der Waals surface area contributed by atoms with Crippen molar-refractivity contribution >= 4 is 17.6 Å². The van der Waals surface area contributed by atoms with Gasteiger partial charge in [0.2, 0.25) is 0 Å². The van der Waals surface area contributed by atoms with E-state index in [1.807, 2.05) is 19.2 Å². The van der Waals surface area contributed by atoms with Crippen LogP contribution in [-0.2, 0) is 0 Å². The van der Waals surface area contributed by atoms with Gasteiger partial charge in [-0.2, -0.15) is 5.26 Å². The van der Waals surface area contributed by atoms with Crippen molar-refractivity contribution in [3.05, 3.63) is 12.4 Å². The molecule has 1 atom stereocenters. The Morgan fingerprint density at radius 2 is 2.31 bits per heavy atom. The van der Waals surface area contributed by atoms with Crippen LogP contribution in [0.1, 0.15) is 13.8 Å². The van der Waals surface area contributed by atoms with Crippen molar-refractivity contribution in [1.82, 2.24) is 9.97 Å². The summed E-state index contributed by atoms with van der Waals surface area (Å²) in [5.41, 5.74) is 0. The summed E-state index contributed by atoms with van der Waals surface area (Å²) in [7, 11) is 0. The predicted octanol–water partition coefficient (Wildman–Crippen LogP) is 2.18. The Morgan fingerprint density at radius 3 is 2.88 bits per heavy atom. The molecule has 1 aromatic heterocycles. The van der Waals surface area contributed by atoms with Crippen molar-refractivity contribution in [3.63, 3.8) is 0 Å². The summed E-state index contributed by atoms with van der Waals surface area (Å²) >= 11 is 1.59. The highest BCUT2D eigenvalue weighted by molar-refractivity contribution is 7.98. The topological polar surface area (TPSA) is 52.8 Å². The predicted molar refractivity (Wildman–Crippen MR) is 66.5 cm³/mol. The number of aromatic nitrogens is 2. The molecule has 0 amide bonds. The third-order valence-electron chi connectivity index (χ3n) is 2.26. The van der Waals surface area contributed by atoms with E-state index < -0.39 is 0 Å². The largest absolute Gasteiger partial charge is 0.355 e. The van der Waals surface area contributed by atoms with E-state index in [0.717, 1.165) is 17.4 Å². The SMILES string of the molecule is CCN(CC(C)C#N)c1cc(SC)ncn1. The van der Waals surface area contributed by atoms with Crippen LogP contribution < -0.4 is 4.90 Å². The molecule has 0 aliphatic heterocycles. The molecule has 86 valence electrons. The summed E-state index contributed by atoms with van der Waals surface area (Å²) in [5, 5.41) is 9.77. The summed E-state index contributed by atoms with van der Waals surface area (Å²) in [6.45, 7) is 5.53. The van der Waals surface area contributed by atoms with Crippen LogP contribution in [0.3, 0.4) is 0 Å². The first-order chi connectivity index (χ1) is 7.71. The van der Waals surface area contributed by atoms with E-state index in [4.69, 9.17) is 5.26 Å². The third kappa shape index (κ3) is 3.38. The number of anilines is 1. The third-order valence-corrected chi connectivity index (χ3v) is 2.90. The lowest BCUT2D eigenvalue weighted by Gasteiger charge is -2.22. The minimum atomic E-state index is 0.00708. The lowest BCUT2D eigenvalue weighted by Crippen LogP contribution is -2.28. The molecule has 5 heteroatoms. The van der Waals surface area contributed by atoms with Gasteiger partial charge in [-0.05, 0) is 20.1 Å². The van der Waals surface area contributed by atoms with Gasteiger partial charge >= 0.3 is 0 Å². The summed E-state index contributed by atoms with van der Waals surface area (Å²) in [6, 6.07) is 4.19. The first-order valence-corrected chi connectivity index (χ1v) is 6.44. The first kappa shape index (κ1) is 12.8. The Labute approximate surface area is 101 Å². The van der Waals surface area contributed by atoms with Gasteiger partial charge in [-0.1, -0.05) is 0 Å². The zero-order valence-electron chi connectivity index (χ0n) is 9.84. The van der Waals surface area contributed by atoms with E-state index in [2.05, 4.69) is 27.9 Å². The molecule has 0 aliphatic carbocycles. The van der Waals surface area contributed by atoms with E-state index in [9.17, 15) is 0 Å². The fourth-order valence-corrected chi connectivity index (χ4v) is 1.75. The molecule has 1 unspecified atom stereocenters. The van der Waals surface area contributed by atoms with Gasteiger partial charge < -0.3 is 4.90 Å². The lowest BCUT2D eigenvalue weighted by molar-refractivity contribution is 0.677. The second kappa shape index (κ2) is 6.33. The molecule has 1 rings (SSSR count). The summed E-state index contributed by atoms with van der Waals surface area (Å²) in [5.74, 6) is 0.900. The standard InChI is InChI=1S/C11H16N4S/c1-4-15(7-9(2)6-12)10-5-11(16-3)14-8-13-10/h5,8-9H,4,7H2,1-3H3. The van der Waals surface area contributed by atoms with Crippen LogP contribution in [0.15, 0.2) is 17.4 Å². The number of nitrogens with zero attached hydrogens (tertiary/aromatic N) is 4. The minimum Gasteiger partial charge on any atom is -0.355 e. The Morgan fingerprint density at radius 1 is 1.56 bits per heavy atom. The molecular weight excluding hydrogens is 220 g/mol. The fourth-order valence-electron chi connectivity index (χ4n) is 1.37. The molecule has 4 nitrogen and oxygen atoms in total. The van der Waals surface area contributed by atoms with Gasteiger partial charge in [0.15, 0.2) is 0 Å². The van der Waals surface area contributed by atoms with Crippen LogP contribution in [-0.4, -0.2) is 29.3 Å². The van der Waals surface area contributed by atoms with Gasteiger partial charge in [0.05, 0.1) is 12.0 Å². The minimum absolute atomic E-state index is 0.00708. The van der Waals surface area contributed by atoms with Crippen molar-refractivity contribution in [2.45, 2.75) is 18.9 Å². The maximum atomic E-state index is 8.81. The Bertz CT molecular complexity index is 374. The summed E-state index contributed by atoms with van der Waals surface area (Å²) < 4.78 is 0. The molecule has 16 heavy (non-hydrogen) atoms. The Hall–Kier alpha value is -1.28. The van der Waals surface area contributed by atoms with Gasteiger partial charge in [-0.25, -0.2) is 9.97 Å². The number of nitriles is 1. The number of rotatable bonds is 5. The zero-order valence-corrected chi connectivity index (χ0v) is 10.7. The van der Waals surface area contributed by atoms with E-state index in [-0.39, 0.29) is 5.92 Å². The van der Waals surface area contributed by atoms with Crippen LogP contribution in [0.2, 0.25) is 0 Å². The first-order valence-electron chi connectivity index (χ1n) is 5.21. The molecule has 1 aromatic rings. The highest BCUT2D eigenvalue weighted by Gasteiger charge is 2.10. The molecule has 1 heterocycles. The summed E-state index contributed by atoms with van der Waals surface area (Å²) in [4.78, 5) is 10.5. The van der Waals surface area contributed by atoms with Crippen LogP contribution in [0.25, 0.3) is 0 Å². The van der Waals surface area contributed by atoms with Crippen molar-refractivity contribution in [2.24, 2.45) is 5.92 Å². The number of thioether (sulfide) groups is 1. The lowest BCUT2D eigenvalue weighted by atomic mass is 10.2. The monoisotopic (exact) mass is 236 g/mol. The quantitative estimate of drug-likeness (QED) is 0.579. The van der Waals surface area contributed by atoms with Crippen molar-refractivity contribution < 1.29 is 0 Å². The van der Waals surface area contributed by atoms with E-state index in [1.165, 1.54) is 0 Å². The normalized spacial score (nSPS) is 11.9. The van der Waals surface area contributed by atoms with Gasteiger partial charge in [0.25, 0.3) is 0 Å². The molecule has 0 radical (unpaired) electrons.